The lowest BCUT2D eigenvalue weighted by Crippen LogP contribution is -2.33. The first kappa shape index (κ1) is 20.4. The van der Waals surface area contributed by atoms with E-state index in [1.54, 1.807) is 0 Å². The molecule has 1 fully saturated rings. The summed E-state index contributed by atoms with van der Waals surface area (Å²) >= 11 is 0. The van der Waals surface area contributed by atoms with Crippen molar-refractivity contribution in [1.29, 1.82) is 0 Å². The minimum Gasteiger partial charge on any atom is -0.375 e. The molecule has 28 heavy (non-hydrogen) atoms. The van der Waals surface area contributed by atoms with Crippen molar-refractivity contribution in [2.45, 2.75) is 51.4 Å². The summed E-state index contributed by atoms with van der Waals surface area (Å²) in [7, 11) is 1.54. The highest BCUT2D eigenvalue weighted by Crippen LogP contribution is 2.38. The third-order valence-electron chi connectivity index (χ3n) is 5.39. The van der Waals surface area contributed by atoms with E-state index >= 15 is 0 Å². The van der Waals surface area contributed by atoms with Gasteiger partial charge in [-0.1, -0.05) is 19.9 Å². The Labute approximate surface area is 167 Å². The van der Waals surface area contributed by atoms with E-state index in [1.807, 2.05) is 30.6 Å². The minimum atomic E-state index is -0.0422. The van der Waals surface area contributed by atoms with Crippen LogP contribution in [0.1, 0.15) is 62.9 Å². The molecular formula is C22H30N4O2. The molecule has 0 atom stereocenters. The Kier molecular flexibility index (Phi) is 7.09. The minimum absolute atomic E-state index is 0.0422. The maximum atomic E-state index is 11.6. The lowest BCUT2D eigenvalue weighted by atomic mass is 9.79. The molecule has 0 unspecified atom stereocenters. The van der Waals surface area contributed by atoms with Crippen molar-refractivity contribution in [3.8, 4) is 11.3 Å². The van der Waals surface area contributed by atoms with Gasteiger partial charge in [0.2, 0.25) is 5.91 Å². The second kappa shape index (κ2) is 9.73. The number of carbonyl (C=O) groups excluding carboxylic acids is 1. The molecule has 150 valence electrons. The van der Waals surface area contributed by atoms with Crippen LogP contribution in [0.3, 0.4) is 0 Å². The van der Waals surface area contributed by atoms with Gasteiger partial charge in [-0.15, -0.1) is 0 Å². The van der Waals surface area contributed by atoms with Gasteiger partial charge in [0.15, 0.2) is 0 Å². The van der Waals surface area contributed by atoms with Gasteiger partial charge in [0, 0.05) is 43.4 Å². The number of methoxy groups -OCH3 is 1. The van der Waals surface area contributed by atoms with E-state index in [0.717, 1.165) is 55.0 Å². The van der Waals surface area contributed by atoms with Crippen LogP contribution in [-0.4, -0.2) is 41.1 Å². The number of rotatable bonds is 7. The summed E-state index contributed by atoms with van der Waals surface area (Å²) < 4.78 is 4.87. The van der Waals surface area contributed by atoms with Crippen LogP contribution >= 0.6 is 0 Å². The number of aromatic nitrogens is 3. The summed E-state index contributed by atoms with van der Waals surface area (Å²) in [4.78, 5) is 25.7. The molecule has 0 aromatic carbocycles. The van der Waals surface area contributed by atoms with E-state index < -0.39 is 0 Å². The Balaban J connectivity index is 1.72. The third kappa shape index (κ3) is 5.13. The van der Waals surface area contributed by atoms with Crippen LogP contribution in [-0.2, 0) is 9.53 Å². The summed E-state index contributed by atoms with van der Waals surface area (Å²) in [5.41, 5.74) is 3.10. The van der Waals surface area contributed by atoms with Crippen LogP contribution in [0.25, 0.3) is 11.3 Å². The van der Waals surface area contributed by atoms with E-state index in [-0.39, 0.29) is 12.5 Å². The lowest BCUT2D eigenvalue weighted by Gasteiger charge is -2.29. The maximum absolute atomic E-state index is 11.6. The van der Waals surface area contributed by atoms with Crippen LogP contribution in [0.4, 0.5) is 0 Å². The second-order valence-corrected chi connectivity index (χ2v) is 7.85. The molecule has 1 aliphatic rings. The molecule has 1 amide bonds. The highest BCUT2D eigenvalue weighted by atomic mass is 16.5. The van der Waals surface area contributed by atoms with Crippen molar-refractivity contribution in [1.82, 2.24) is 20.3 Å². The Morgan fingerprint density at radius 2 is 2.00 bits per heavy atom. The van der Waals surface area contributed by atoms with Gasteiger partial charge in [-0.05, 0) is 43.7 Å². The molecular weight excluding hydrogens is 352 g/mol. The molecule has 0 spiro atoms. The van der Waals surface area contributed by atoms with Crippen molar-refractivity contribution in [3.63, 3.8) is 0 Å². The average Bonchev–Trinajstić information content (AvgIpc) is 2.73. The zero-order valence-electron chi connectivity index (χ0n) is 17.0. The molecule has 0 bridgehead atoms. The fraction of sp³-hybridized carbons (Fsp3) is 0.545. The molecule has 1 aliphatic carbocycles. The first-order valence-electron chi connectivity index (χ1n) is 10.1. The van der Waals surface area contributed by atoms with Gasteiger partial charge in [0.05, 0.1) is 11.4 Å². The van der Waals surface area contributed by atoms with Gasteiger partial charge in [0.1, 0.15) is 12.4 Å². The second-order valence-electron chi connectivity index (χ2n) is 7.85. The van der Waals surface area contributed by atoms with Gasteiger partial charge >= 0.3 is 0 Å². The highest BCUT2D eigenvalue weighted by molar-refractivity contribution is 5.77. The number of hydrogen-bond acceptors (Lipinski definition) is 5. The molecule has 6 heteroatoms. The Morgan fingerprint density at radius 3 is 2.64 bits per heavy atom. The van der Waals surface area contributed by atoms with Crippen LogP contribution in [0.15, 0.2) is 30.6 Å². The van der Waals surface area contributed by atoms with Gasteiger partial charge in [-0.3, -0.25) is 9.78 Å². The third-order valence-corrected chi connectivity index (χ3v) is 5.39. The van der Waals surface area contributed by atoms with Crippen LogP contribution in [0, 0.1) is 5.92 Å². The van der Waals surface area contributed by atoms with Crippen molar-refractivity contribution in [2.24, 2.45) is 5.92 Å². The predicted octanol–water partition coefficient (Wildman–Crippen LogP) is 3.70. The van der Waals surface area contributed by atoms with Crippen molar-refractivity contribution < 1.29 is 9.53 Å². The summed E-state index contributed by atoms with van der Waals surface area (Å²) in [6.07, 6.45) is 8.06. The maximum Gasteiger partial charge on any atom is 0.245 e. The number of amides is 1. The van der Waals surface area contributed by atoms with Gasteiger partial charge in [0.25, 0.3) is 0 Å². The standard InChI is InChI=1S/C22H30N4O2/c1-15(2)22-25-13-18(19-6-4-5-11-23-19)21(26-22)17-9-7-16(8-10-17)12-24-20(27)14-28-3/h4-6,11,13,15-17H,7-10,12,14H2,1-3H3,(H,24,27). The van der Waals surface area contributed by atoms with Crippen molar-refractivity contribution in [3.05, 3.63) is 42.1 Å². The fourth-order valence-electron chi connectivity index (χ4n) is 3.80. The summed E-state index contributed by atoms with van der Waals surface area (Å²) in [6, 6.07) is 5.95. The molecule has 2 heterocycles. The van der Waals surface area contributed by atoms with E-state index in [9.17, 15) is 4.79 Å². The van der Waals surface area contributed by atoms with E-state index in [0.29, 0.717) is 17.8 Å². The molecule has 1 saturated carbocycles. The Morgan fingerprint density at radius 1 is 1.21 bits per heavy atom. The lowest BCUT2D eigenvalue weighted by molar-refractivity contribution is -0.124. The number of ether oxygens (including phenoxy) is 1. The number of pyridine rings is 1. The van der Waals surface area contributed by atoms with Crippen molar-refractivity contribution in [2.75, 3.05) is 20.3 Å². The monoisotopic (exact) mass is 382 g/mol. The SMILES string of the molecule is COCC(=O)NCC1CCC(c2nc(C(C)C)ncc2-c2ccccn2)CC1. The van der Waals surface area contributed by atoms with Crippen LogP contribution < -0.4 is 5.32 Å². The zero-order valence-corrected chi connectivity index (χ0v) is 17.0. The smallest absolute Gasteiger partial charge is 0.245 e. The molecule has 2 aromatic heterocycles. The number of nitrogens with zero attached hydrogens (tertiary/aromatic N) is 3. The van der Waals surface area contributed by atoms with Gasteiger partial charge in [-0.2, -0.15) is 0 Å². The van der Waals surface area contributed by atoms with Gasteiger partial charge in [-0.25, -0.2) is 9.97 Å². The molecule has 2 aromatic rings. The number of carbonyl (C=O) groups is 1. The molecule has 3 rings (SSSR count). The zero-order chi connectivity index (χ0) is 19.9. The Hall–Kier alpha value is -2.34. The molecule has 0 aliphatic heterocycles. The van der Waals surface area contributed by atoms with E-state index in [2.05, 4.69) is 29.1 Å². The Bertz CT molecular complexity index is 771. The molecule has 6 nitrogen and oxygen atoms in total. The predicted molar refractivity (Wildman–Crippen MR) is 109 cm³/mol. The fourth-order valence-corrected chi connectivity index (χ4v) is 3.80. The van der Waals surface area contributed by atoms with E-state index in [1.165, 1.54) is 7.11 Å². The van der Waals surface area contributed by atoms with Crippen LogP contribution in [0.5, 0.6) is 0 Å². The first-order chi connectivity index (χ1) is 13.6. The largest absolute Gasteiger partial charge is 0.375 e. The summed E-state index contributed by atoms with van der Waals surface area (Å²) in [5.74, 6) is 2.07. The topological polar surface area (TPSA) is 77.0 Å². The summed E-state index contributed by atoms with van der Waals surface area (Å²) in [6.45, 7) is 5.10. The summed E-state index contributed by atoms with van der Waals surface area (Å²) in [5, 5.41) is 2.97. The van der Waals surface area contributed by atoms with Gasteiger partial charge < -0.3 is 10.1 Å². The quantitative estimate of drug-likeness (QED) is 0.790. The first-order valence-corrected chi connectivity index (χ1v) is 10.1. The van der Waals surface area contributed by atoms with E-state index in [4.69, 9.17) is 9.72 Å². The van der Waals surface area contributed by atoms with Crippen LogP contribution in [0.2, 0.25) is 0 Å². The molecule has 0 saturated heterocycles. The normalized spacial score (nSPS) is 19.6. The van der Waals surface area contributed by atoms with Crippen molar-refractivity contribution >= 4 is 5.91 Å². The molecule has 1 N–H and O–H groups in total. The number of nitrogens with one attached hydrogen (secondary N) is 1. The number of hydrogen-bond donors (Lipinski definition) is 1. The molecule has 0 radical (unpaired) electrons. The highest BCUT2D eigenvalue weighted by Gasteiger charge is 2.27. The average molecular weight is 383 g/mol.